The van der Waals surface area contributed by atoms with Crippen LogP contribution in [0.5, 0.6) is 5.75 Å². The number of rotatable bonds is 4. The summed E-state index contributed by atoms with van der Waals surface area (Å²) in [6.07, 6.45) is 0. The van der Waals surface area contributed by atoms with Gasteiger partial charge in [-0.3, -0.25) is 4.79 Å². The maximum absolute atomic E-state index is 12.3. The van der Waals surface area contributed by atoms with Gasteiger partial charge in [-0.05, 0) is 17.1 Å². The highest BCUT2D eigenvalue weighted by Crippen LogP contribution is 2.36. The zero-order valence-corrected chi connectivity index (χ0v) is 13.5. The van der Waals surface area contributed by atoms with Crippen molar-refractivity contribution in [2.45, 2.75) is 0 Å². The number of ether oxygens (including phenoxy) is 1. The number of H-pyrrole nitrogens is 1. The third kappa shape index (κ3) is 2.51. The number of nitro groups is 1. The SMILES string of the molecule is COc1cc2c(cc1NC(=O)c1cc([N+](=O)[O-])[nH]n1)oc1ccccc12. The monoisotopic (exact) mass is 352 g/mol. The maximum Gasteiger partial charge on any atom is 0.343 e. The molecule has 0 saturated carbocycles. The van der Waals surface area contributed by atoms with Crippen molar-refractivity contribution in [1.29, 1.82) is 0 Å². The van der Waals surface area contributed by atoms with E-state index in [1.54, 1.807) is 12.1 Å². The van der Waals surface area contributed by atoms with Crippen molar-refractivity contribution in [2.24, 2.45) is 0 Å². The lowest BCUT2D eigenvalue weighted by Crippen LogP contribution is -2.13. The molecule has 0 saturated heterocycles. The smallest absolute Gasteiger partial charge is 0.343 e. The molecule has 9 heteroatoms. The second-order valence-electron chi connectivity index (χ2n) is 5.50. The van der Waals surface area contributed by atoms with Crippen molar-refractivity contribution in [2.75, 3.05) is 12.4 Å². The number of para-hydroxylation sites is 1. The highest BCUT2D eigenvalue weighted by atomic mass is 16.6. The molecule has 0 aliphatic rings. The van der Waals surface area contributed by atoms with Gasteiger partial charge in [0.15, 0.2) is 5.69 Å². The second kappa shape index (κ2) is 5.88. The Balaban J connectivity index is 1.73. The summed E-state index contributed by atoms with van der Waals surface area (Å²) >= 11 is 0. The number of hydrogen-bond acceptors (Lipinski definition) is 6. The molecule has 0 bridgehead atoms. The zero-order valence-electron chi connectivity index (χ0n) is 13.5. The summed E-state index contributed by atoms with van der Waals surface area (Å²) < 4.78 is 11.2. The average molecular weight is 352 g/mol. The normalized spacial score (nSPS) is 11.0. The van der Waals surface area contributed by atoms with Crippen LogP contribution in [0, 0.1) is 10.1 Å². The highest BCUT2D eigenvalue weighted by Gasteiger charge is 2.19. The fraction of sp³-hybridized carbons (Fsp3) is 0.0588. The van der Waals surface area contributed by atoms with Gasteiger partial charge in [0.2, 0.25) is 0 Å². The summed E-state index contributed by atoms with van der Waals surface area (Å²) in [4.78, 5) is 22.4. The molecule has 0 spiro atoms. The molecule has 0 aliphatic heterocycles. The van der Waals surface area contributed by atoms with Crippen LogP contribution in [0.3, 0.4) is 0 Å². The summed E-state index contributed by atoms with van der Waals surface area (Å²) in [5, 5.41) is 21.0. The minimum Gasteiger partial charge on any atom is -0.495 e. The molecule has 2 aromatic heterocycles. The molecular formula is C17H12N4O5. The van der Waals surface area contributed by atoms with Gasteiger partial charge in [0.05, 0.1) is 18.9 Å². The first-order chi connectivity index (χ1) is 12.6. The molecule has 0 fully saturated rings. The summed E-state index contributed by atoms with van der Waals surface area (Å²) in [6.45, 7) is 0. The van der Waals surface area contributed by atoms with Crippen LogP contribution < -0.4 is 10.1 Å². The Labute approximate surface area is 145 Å². The molecule has 2 N–H and O–H groups in total. The molecule has 4 rings (SSSR count). The molecule has 130 valence electrons. The number of hydrogen-bond donors (Lipinski definition) is 2. The third-order valence-corrected chi connectivity index (χ3v) is 3.94. The topological polar surface area (TPSA) is 123 Å². The van der Waals surface area contributed by atoms with Crippen molar-refractivity contribution >= 4 is 39.4 Å². The first-order valence-corrected chi connectivity index (χ1v) is 7.57. The molecule has 2 aromatic carbocycles. The molecule has 0 atom stereocenters. The van der Waals surface area contributed by atoms with Gasteiger partial charge in [-0.25, -0.2) is 0 Å². The Bertz CT molecular complexity index is 1160. The standard InChI is InChI=1S/C17H12N4O5/c1-25-15-6-10-9-4-2-3-5-13(9)26-14(10)7-11(15)18-17(22)12-8-16(20-19-12)21(23)24/h2-8H,1H3,(H,18,22)(H,19,20). The Morgan fingerprint density at radius 1 is 1.23 bits per heavy atom. The quantitative estimate of drug-likeness (QED) is 0.428. The molecule has 4 aromatic rings. The number of carbonyl (C=O) groups is 1. The van der Waals surface area contributed by atoms with Crippen LogP contribution in [-0.4, -0.2) is 28.1 Å². The van der Waals surface area contributed by atoms with Gasteiger partial charge in [0, 0.05) is 16.8 Å². The van der Waals surface area contributed by atoms with Crippen LogP contribution in [-0.2, 0) is 0 Å². The molecule has 2 heterocycles. The van der Waals surface area contributed by atoms with E-state index in [-0.39, 0.29) is 11.5 Å². The molecule has 26 heavy (non-hydrogen) atoms. The predicted molar refractivity (Wildman–Crippen MR) is 93.5 cm³/mol. The van der Waals surface area contributed by atoms with Crippen molar-refractivity contribution in [3.8, 4) is 5.75 Å². The number of methoxy groups -OCH3 is 1. The van der Waals surface area contributed by atoms with E-state index < -0.39 is 10.8 Å². The molecule has 1 amide bonds. The predicted octanol–water partition coefficient (Wildman–Crippen LogP) is 3.48. The van der Waals surface area contributed by atoms with Gasteiger partial charge in [0.1, 0.15) is 16.9 Å². The van der Waals surface area contributed by atoms with Crippen LogP contribution in [0.1, 0.15) is 10.5 Å². The van der Waals surface area contributed by atoms with E-state index in [1.807, 2.05) is 24.3 Å². The third-order valence-electron chi connectivity index (χ3n) is 3.94. The fourth-order valence-corrected chi connectivity index (χ4v) is 2.73. The average Bonchev–Trinajstić information content (AvgIpc) is 3.25. The summed E-state index contributed by atoms with van der Waals surface area (Å²) in [7, 11) is 1.48. The minimum absolute atomic E-state index is 0.108. The van der Waals surface area contributed by atoms with Crippen molar-refractivity contribution in [1.82, 2.24) is 10.2 Å². The number of fused-ring (bicyclic) bond motifs is 3. The van der Waals surface area contributed by atoms with Crippen molar-refractivity contribution < 1.29 is 18.9 Å². The Morgan fingerprint density at radius 3 is 2.77 bits per heavy atom. The van der Waals surface area contributed by atoms with Gasteiger partial charge < -0.3 is 24.6 Å². The van der Waals surface area contributed by atoms with Gasteiger partial charge in [-0.2, -0.15) is 0 Å². The molecule has 0 aliphatic carbocycles. The van der Waals surface area contributed by atoms with E-state index in [0.29, 0.717) is 17.0 Å². The van der Waals surface area contributed by atoms with Crippen molar-refractivity contribution in [3.63, 3.8) is 0 Å². The second-order valence-corrected chi connectivity index (χ2v) is 5.50. The Hall–Kier alpha value is -3.88. The fourth-order valence-electron chi connectivity index (χ4n) is 2.73. The molecular weight excluding hydrogens is 340 g/mol. The van der Waals surface area contributed by atoms with Crippen molar-refractivity contribution in [3.05, 3.63) is 58.3 Å². The number of benzene rings is 2. The highest BCUT2D eigenvalue weighted by molar-refractivity contribution is 6.09. The molecule has 9 nitrogen and oxygen atoms in total. The van der Waals surface area contributed by atoms with Crippen LogP contribution in [0.15, 0.2) is 46.9 Å². The maximum atomic E-state index is 12.3. The van der Waals surface area contributed by atoms with E-state index in [1.165, 1.54) is 7.11 Å². The van der Waals surface area contributed by atoms with E-state index in [2.05, 4.69) is 15.5 Å². The van der Waals surface area contributed by atoms with E-state index in [0.717, 1.165) is 22.4 Å². The number of furan rings is 1. The summed E-state index contributed by atoms with van der Waals surface area (Å²) in [5.41, 5.74) is 1.56. The van der Waals surface area contributed by atoms with Crippen LogP contribution in [0.25, 0.3) is 21.9 Å². The van der Waals surface area contributed by atoms with Gasteiger partial charge >= 0.3 is 5.82 Å². The first-order valence-electron chi connectivity index (χ1n) is 7.57. The Kier molecular flexibility index (Phi) is 3.54. The minimum atomic E-state index is -0.662. The summed E-state index contributed by atoms with van der Waals surface area (Å²) in [6, 6.07) is 12.0. The molecule has 0 unspecified atom stereocenters. The van der Waals surface area contributed by atoms with Crippen LogP contribution in [0.2, 0.25) is 0 Å². The number of aromatic amines is 1. The number of nitrogens with zero attached hydrogens (tertiary/aromatic N) is 2. The number of nitrogens with one attached hydrogen (secondary N) is 2. The first kappa shape index (κ1) is 15.6. The number of carbonyl (C=O) groups excluding carboxylic acids is 1. The van der Waals surface area contributed by atoms with Gasteiger partial charge in [-0.1, -0.05) is 23.3 Å². The van der Waals surface area contributed by atoms with Crippen LogP contribution >= 0.6 is 0 Å². The largest absolute Gasteiger partial charge is 0.495 e. The summed E-state index contributed by atoms with van der Waals surface area (Å²) in [5.74, 6) is -0.541. The Morgan fingerprint density at radius 2 is 2.04 bits per heavy atom. The lowest BCUT2D eigenvalue weighted by Gasteiger charge is -2.09. The number of aromatic nitrogens is 2. The lowest BCUT2D eigenvalue weighted by atomic mass is 10.1. The van der Waals surface area contributed by atoms with Gasteiger partial charge in [0.25, 0.3) is 5.91 Å². The van der Waals surface area contributed by atoms with Crippen LogP contribution in [0.4, 0.5) is 11.5 Å². The zero-order chi connectivity index (χ0) is 18.3. The van der Waals surface area contributed by atoms with E-state index in [4.69, 9.17) is 9.15 Å². The van der Waals surface area contributed by atoms with Gasteiger partial charge in [-0.15, -0.1) is 5.10 Å². The lowest BCUT2D eigenvalue weighted by molar-refractivity contribution is -0.389. The van der Waals surface area contributed by atoms with E-state index in [9.17, 15) is 14.9 Å². The number of anilines is 1. The molecule has 0 radical (unpaired) electrons. The number of amides is 1. The van der Waals surface area contributed by atoms with E-state index >= 15 is 0 Å².